The molecule has 1 heterocycles. The van der Waals surface area contributed by atoms with Gasteiger partial charge in [-0.05, 0) is 19.1 Å². The van der Waals surface area contributed by atoms with Crippen molar-refractivity contribution in [3.8, 4) is 11.3 Å². The number of carboxylic acid groups (broad SMARTS) is 1. The van der Waals surface area contributed by atoms with Crippen LogP contribution in [0.4, 0.5) is 15.6 Å². The molecular weight excluding hydrogens is 250 g/mol. The second-order valence-electron chi connectivity index (χ2n) is 3.64. The Morgan fingerprint density at radius 1 is 1.44 bits per heavy atom. The molecule has 0 spiro atoms. The van der Waals surface area contributed by atoms with Crippen LogP contribution >= 0.6 is 11.3 Å². The summed E-state index contributed by atoms with van der Waals surface area (Å²) in [5.41, 5.74) is 7.96. The maximum atomic E-state index is 11.0. The van der Waals surface area contributed by atoms with E-state index in [1.54, 1.807) is 19.1 Å². The Balaban J connectivity index is 2.27. The van der Waals surface area contributed by atoms with E-state index in [9.17, 15) is 4.79 Å². The van der Waals surface area contributed by atoms with Gasteiger partial charge < -0.3 is 10.8 Å². The second kappa shape index (κ2) is 5.05. The molecule has 0 aliphatic rings. The van der Waals surface area contributed by atoms with E-state index in [4.69, 9.17) is 10.8 Å². The van der Waals surface area contributed by atoms with Gasteiger partial charge in [-0.25, -0.2) is 9.78 Å². The highest BCUT2D eigenvalue weighted by atomic mass is 32.1. The van der Waals surface area contributed by atoms with Crippen LogP contribution in [0.3, 0.4) is 0 Å². The predicted molar refractivity (Wildman–Crippen MR) is 73.0 cm³/mol. The van der Waals surface area contributed by atoms with E-state index >= 15 is 0 Å². The molecule has 18 heavy (non-hydrogen) atoms. The lowest BCUT2D eigenvalue weighted by Crippen LogP contribution is -2.28. The van der Waals surface area contributed by atoms with Crippen molar-refractivity contribution in [2.75, 3.05) is 17.2 Å². The fourth-order valence-electron chi connectivity index (χ4n) is 1.66. The molecule has 0 aliphatic heterocycles. The van der Waals surface area contributed by atoms with Crippen LogP contribution in [0.25, 0.3) is 11.3 Å². The van der Waals surface area contributed by atoms with Gasteiger partial charge in [0.05, 0.1) is 5.69 Å². The molecule has 5 nitrogen and oxygen atoms in total. The number of nitrogens with two attached hydrogens (primary N) is 1. The van der Waals surface area contributed by atoms with Gasteiger partial charge in [0.15, 0.2) is 5.13 Å². The SMILES string of the molecule is CCN(C(=O)O)c1ccc(-c2csc(N)n2)cc1. The minimum absolute atomic E-state index is 0.415. The lowest BCUT2D eigenvalue weighted by Gasteiger charge is -2.16. The van der Waals surface area contributed by atoms with Crippen LogP contribution in [0.2, 0.25) is 0 Å². The van der Waals surface area contributed by atoms with Gasteiger partial charge in [-0.15, -0.1) is 11.3 Å². The summed E-state index contributed by atoms with van der Waals surface area (Å²) in [5.74, 6) is 0. The topological polar surface area (TPSA) is 79.5 Å². The third kappa shape index (κ3) is 2.43. The number of hydrogen-bond donors (Lipinski definition) is 2. The Hall–Kier alpha value is -2.08. The summed E-state index contributed by atoms with van der Waals surface area (Å²) in [6.07, 6.45) is -0.955. The number of nitrogens with zero attached hydrogens (tertiary/aromatic N) is 2. The number of aromatic nitrogens is 1. The standard InChI is InChI=1S/C12H13N3O2S/c1-2-15(12(16)17)9-5-3-8(4-6-9)10-7-18-11(13)14-10/h3-7H,2H2,1H3,(H2,13,14)(H,16,17). The minimum atomic E-state index is -0.955. The van der Waals surface area contributed by atoms with E-state index in [0.29, 0.717) is 17.4 Å². The molecule has 6 heteroatoms. The van der Waals surface area contributed by atoms with E-state index in [-0.39, 0.29) is 0 Å². The van der Waals surface area contributed by atoms with Crippen molar-refractivity contribution >= 4 is 28.2 Å². The van der Waals surface area contributed by atoms with E-state index in [1.165, 1.54) is 16.2 Å². The summed E-state index contributed by atoms with van der Waals surface area (Å²) in [5, 5.41) is 11.4. The molecule has 2 aromatic rings. The van der Waals surface area contributed by atoms with Crippen LogP contribution in [0, 0.1) is 0 Å². The van der Waals surface area contributed by atoms with Gasteiger partial charge in [0, 0.05) is 23.2 Å². The Kier molecular flexibility index (Phi) is 3.47. The van der Waals surface area contributed by atoms with Gasteiger partial charge in [0.2, 0.25) is 0 Å². The molecule has 1 aromatic carbocycles. The highest BCUT2D eigenvalue weighted by Gasteiger charge is 2.11. The fourth-order valence-corrected chi connectivity index (χ4v) is 2.23. The fraction of sp³-hybridized carbons (Fsp3) is 0.167. The van der Waals surface area contributed by atoms with Crippen LogP contribution in [0.5, 0.6) is 0 Å². The Morgan fingerprint density at radius 2 is 2.11 bits per heavy atom. The number of nitrogen functional groups attached to an aromatic ring is 1. The highest BCUT2D eigenvalue weighted by molar-refractivity contribution is 7.13. The summed E-state index contributed by atoms with van der Waals surface area (Å²) >= 11 is 1.38. The molecule has 0 atom stereocenters. The quantitative estimate of drug-likeness (QED) is 0.892. The lowest BCUT2D eigenvalue weighted by molar-refractivity contribution is 0.202. The number of rotatable bonds is 3. The average Bonchev–Trinajstić information content (AvgIpc) is 2.77. The number of anilines is 2. The van der Waals surface area contributed by atoms with Crippen LogP contribution < -0.4 is 10.6 Å². The summed E-state index contributed by atoms with van der Waals surface area (Å²) in [4.78, 5) is 16.4. The van der Waals surface area contributed by atoms with Crippen molar-refractivity contribution in [1.82, 2.24) is 4.98 Å². The predicted octanol–water partition coefficient (Wildman–Crippen LogP) is 2.90. The lowest BCUT2D eigenvalue weighted by atomic mass is 10.1. The van der Waals surface area contributed by atoms with Crippen molar-refractivity contribution < 1.29 is 9.90 Å². The van der Waals surface area contributed by atoms with E-state index in [2.05, 4.69) is 4.98 Å². The number of carbonyl (C=O) groups is 1. The zero-order valence-electron chi connectivity index (χ0n) is 9.83. The Labute approximate surface area is 108 Å². The zero-order chi connectivity index (χ0) is 13.1. The largest absolute Gasteiger partial charge is 0.465 e. The van der Waals surface area contributed by atoms with Crippen molar-refractivity contribution in [3.63, 3.8) is 0 Å². The van der Waals surface area contributed by atoms with Gasteiger partial charge in [0.1, 0.15) is 0 Å². The minimum Gasteiger partial charge on any atom is -0.465 e. The van der Waals surface area contributed by atoms with Crippen molar-refractivity contribution in [2.45, 2.75) is 6.92 Å². The third-order valence-electron chi connectivity index (χ3n) is 2.54. The summed E-state index contributed by atoms with van der Waals surface area (Å²) in [6.45, 7) is 2.21. The van der Waals surface area contributed by atoms with Crippen LogP contribution in [0.15, 0.2) is 29.6 Å². The van der Waals surface area contributed by atoms with Gasteiger partial charge in [0.25, 0.3) is 0 Å². The van der Waals surface area contributed by atoms with E-state index in [1.807, 2.05) is 17.5 Å². The molecule has 3 N–H and O–H groups in total. The molecule has 0 fully saturated rings. The Morgan fingerprint density at radius 3 is 2.56 bits per heavy atom. The molecule has 0 saturated heterocycles. The first-order valence-electron chi connectivity index (χ1n) is 5.43. The maximum Gasteiger partial charge on any atom is 0.411 e. The number of amides is 1. The van der Waals surface area contributed by atoms with E-state index < -0.39 is 6.09 Å². The monoisotopic (exact) mass is 263 g/mol. The van der Waals surface area contributed by atoms with Crippen LogP contribution in [-0.4, -0.2) is 22.7 Å². The first-order chi connectivity index (χ1) is 8.61. The van der Waals surface area contributed by atoms with Crippen molar-refractivity contribution in [1.29, 1.82) is 0 Å². The van der Waals surface area contributed by atoms with Gasteiger partial charge in [-0.1, -0.05) is 12.1 Å². The molecule has 1 amide bonds. The molecule has 0 saturated carbocycles. The second-order valence-corrected chi connectivity index (χ2v) is 4.53. The molecule has 0 aliphatic carbocycles. The zero-order valence-corrected chi connectivity index (χ0v) is 10.6. The number of benzene rings is 1. The van der Waals surface area contributed by atoms with E-state index in [0.717, 1.165) is 11.3 Å². The normalized spacial score (nSPS) is 10.3. The van der Waals surface area contributed by atoms with Gasteiger partial charge in [-0.2, -0.15) is 0 Å². The van der Waals surface area contributed by atoms with Crippen molar-refractivity contribution in [3.05, 3.63) is 29.6 Å². The number of hydrogen-bond acceptors (Lipinski definition) is 4. The molecule has 1 aromatic heterocycles. The van der Waals surface area contributed by atoms with Gasteiger partial charge in [-0.3, -0.25) is 4.90 Å². The highest BCUT2D eigenvalue weighted by Crippen LogP contribution is 2.25. The molecule has 94 valence electrons. The summed E-state index contributed by atoms with van der Waals surface area (Å²) in [6, 6.07) is 7.22. The molecule has 0 bridgehead atoms. The van der Waals surface area contributed by atoms with Gasteiger partial charge >= 0.3 is 6.09 Å². The number of thiazole rings is 1. The van der Waals surface area contributed by atoms with Crippen LogP contribution in [-0.2, 0) is 0 Å². The third-order valence-corrected chi connectivity index (χ3v) is 3.22. The van der Waals surface area contributed by atoms with Crippen molar-refractivity contribution in [2.24, 2.45) is 0 Å². The first kappa shape index (κ1) is 12.4. The average molecular weight is 263 g/mol. The molecular formula is C12H13N3O2S. The summed E-state index contributed by atoms with van der Waals surface area (Å²) < 4.78 is 0. The molecule has 0 unspecified atom stereocenters. The first-order valence-corrected chi connectivity index (χ1v) is 6.31. The van der Waals surface area contributed by atoms with Crippen LogP contribution in [0.1, 0.15) is 6.92 Å². The molecule has 0 radical (unpaired) electrons. The maximum absolute atomic E-state index is 11.0. The Bertz CT molecular complexity index is 551. The smallest absolute Gasteiger partial charge is 0.411 e. The summed E-state index contributed by atoms with van der Waals surface area (Å²) in [7, 11) is 0. The molecule has 2 rings (SSSR count).